The summed E-state index contributed by atoms with van der Waals surface area (Å²) in [5, 5.41) is 6.13. The van der Waals surface area contributed by atoms with E-state index in [-0.39, 0.29) is 16.9 Å². The molecule has 1 saturated carbocycles. The second-order valence-corrected chi connectivity index (χ2v) is 9.48. The molecule has 2 fully saturated rings. The summed E-state index contributed by atoms with van der Waals surface area (Å²) < 4.78 is 12.6. The molecule has 2 aromatic heterocycles. The van der Waals surface area contributed by atoms with Gasteiger partial charge >= 0.3 is 0 Å². The zero-order chi connectivity index (χ0) is 25.3. The molecule has 9 heteroatoms. The summed E-state index contributed by atoms with van der Waals surface area (Å²) in [5.74, 6) is -0.576. The number of aromatic nitrogens is 3. The summed E-state index contributed by atoms with van der Waals surface area (Å²) in [6.45, 7) is 8.69. The third kappa shape index (κ3) is 7.85. The van der Waals surface area contributed by atoms with Crippen LogP contribution in [0.15, 0.2) is 47.7 Å². The Morgan fingerprint density at radius 1 is 1.09 bits per heavy atom. The molecule has 3 N–H and O–H groups in total. The van der Waals surface area contributed by atoms with Crippen LogP contribution in [0.2, 0.25) is 0 Å². The highest BCUT2D eigenvalue weighted by molar-refractivity contribution is 5.92. The van der Waals surface area contributed by atoms with Gasteiger partial charge in [0.15, 0.2) is 0 Å². The van der Waals surface area contributed by atoms with E-state index >= 15 is 0 Å². The van der Waals surface area contributed by atoms with Gasteiger partial charge in [-0.15, -0.1) is 0 Å². The average Bonchev–Trinajstić information content (AvgIpc) is 3.29. The standard InChI is InChI=1S/C11H16N4O.C8H5FN2O.C7H14/c1-12-11(16)10-3-2-9(8-14-10)15-6-4-13-5-7-15;9-5-1-2-7-6(3-5)8(12)11-4-10-7;1-7(2)5-3-4-6-7/h2-3,8,13H,4-7H2,1H3,(H,12,16);1-4H,(H,10,11,12);3-6H2,1-2H3. The quantitative estimate of drug-likeness (QED) is 0.517. The average molecular weight is 483 g/mol. The number of carbonyl (C=O) groups is 1. The first kappa shape index (κ1) is 26.3. The molecule has 0 unspecified atom stereocenters. The molecule has 3 aromatic rings. The van der Waals surface area contributed by atoms with Crippen LogP contribution >= 0.6 is 0 Å². The molecule has 5 rings (SSSR count). The molecule has 1 amide bonds. The summed E-state index contributed by atoms with van der Waals surface area (Å²) in [6.07, 6.45) is 8.89. The second kappa shape index (κ2) is 12.4. The fraction of sp³-hybridized carbons (Fsp3) is 0.462. The van der Waals surface area contributed by atoms with Crippen LogP contribution in [0.5, 0.6) is 0 Å². The third-order valence-corrected chi connectivity index (χ3v) is 6.25. The van der Waals surface area contributed by atoms with Crippen molar-refractivity contribution in [3.8, 4) is 0 Å². The number of benzene rings is 1. The molecule has 2 aliphatic rings. The topological polar surface area (TPSA) is 103 Å². The Kier molecular flexibility index (Phi) is 9.31. The van der Waals surface area contributed by atoms with Gasteiger partial charge in [-0.05, 0) is 48.6 Å². The molecule has 0 bridgehead atoms. The smallest absolute Gasteiger partial charge is 0.269 e. The lowest BCUT2D eigenvalue weighted by Crippen LogP contribution is -2.43. The highest BCUT2D eigenvalue weighted by Gasteiger charge is 2.21. The van der Waals surface area contributed by atoms with Crippen LogP contribution in [-0.4, -0.2) is 54.1 Å². The molecule has 0 atom stereocenters. The maximum Gasteiger partial charge on any atom is 0.269 e. The van der Waals surface area contributed by atoms with E-state index in [1.54, 1.807) is 19.3 Å². The lowest BCUT2D eigenvalue weighted by molar-refractivity contribution is 0.0958. The summed E-state index contributed by atoms with van der Waals surface area (Å²) in [4.78, 5) is 35.0. The lowest BCUT2D eigenvalue weighted by atomic mass is 9.92. The van der Waals surface area contributed by atoms with E-state index in [4.69, 9.17) is 0 Å². The summed E-state index contributed by atoms with van der Waals surface area (Å²) >= 11 is 0. The van der Waals surface area contributed by atoms with Gasteiger partial charge in [-0.25, -0.2) is 14.4 Å². The summed E-state index contributed by atoms with van der Waals surface area (Å²) in [6, 6.07) is 7.62. The highest BCUT2D eigenvalue weighted by atomic mass is 19.1. The monoisotopic (exact) mass is 482 g/mol. The Hall–Kier alpha value is -3.33. The normalized spacial score (nSPS) is 16.5. The number of halogens is 1. The van der Waals surface area contributed by atoms with Crippen molar-refractivity contribution in [1.82, 2.24) is 25.6 Å². The lowest BCUT2D eigenvalue weighted by Gasteiger charge is -2.29. The van der Waals surface area contributed by atoms with Gasteiger partial charge < -0.3 is 20.5 Å². The van der Waals surface area contributed by atoms with Crippen LogP contribution in [0.4, 0.5) is 10.1 Å². The number of hydrogen-bond acceptors (Lipinski definition) is 6. The molecule has 3 heterocycles. The van der Waals surface area contributed by atoms with Crippen LogP contribution in [0.1, 0.15) is 50.0 Å². The Balaban J connectivity index is 0.000000158. The first-order valence-electron chi connectivity index (χ1n) is 12.1. The molecule has 8 nitrogen and oxygen atoms in total. The molecule has 1 saturated heterocycles. The van der Waals surface area contributed by atoms with E-state index in [1.807, 2.05) is 6.07 Å². The van der Waals surface area contributed by atoms with E-state index in [9.17, 15) is 14.0 Å². The van der Waals surface area contributed by atoms with Gasteiger partial charge in [0, 0.05) is 33.2 Å². The fourth-order valence-corrected chi connectivity index (χ4v) is 4.13. The maximum atomic E-state index is 12.6. The van der Waals surface area contributed by atoms with Gasteiger partial charge in [0.2, 0.25) is 0 Å². The SMILES string of the molecule is CC1(C)CCCC1.CNC(=O)c1ccc(N2CCNCC2)cn1.O=c1[nH]cnc2ccc(F)cc12. The predicted octanol–water partition coefficient (Wildman–Crippen LogP) is 3.50. The molecule has 1 aliphatic carbocycles. The van der Waals surface area contributed by atoms with Gasteiger partial charge in [-0.1, -0.05) is 26.7 Å². The minimum Gasteiger partial charge on any atom is -0.368 e. The van der Waals surface area contributed by atoms with Crippen molar-refractivity contribution in [2.45, 2.75) is 39.5 Å². The Labute approximate surface area is 205 Å². The molecule has 1 aliphatic heterocycles. The Bertz CT molecular complexity index is 1150. The zero-order valence-electron chi connectivity index (χ0n) is 20.7. The van der Waals surface area contributed by atoms with Crippen molar-refractivity contribution in [2.75, 3.05) is 38.1 Å². The van der Waals surface area contributed by atoms with Crippen molar-refractivity contribution in [3.63, 3.8) is 0 Å². The fourth-order valence-electron chi connectivity index (χ4n) is 4.13. The maximum absolute atomic E-state index is 12.6. The summed E-state index contributed by atoms with van der Waals surface area (Å²) in [7, 11) is 1.61. The molecular formula is C26H35FN6O2. The number of fused-ring (bicyclic) bond motifs is 1. The first-order valence-corrected chi connectivity index (χ1v) is 12.1. The van der Waals surface area contributed by atoms with Gasteiger partial charge in [0.05, 0.1) is 29.1 Å². The largest absolute Gasteiger partial charge is 0.368 e. The highest BCUT2D eigenvalue weighted by Crippen LogP contribution is 2.36. The van der Waals surface area contributed by atoms with Crippen molar-refractivity contribution in [2.24, 2.45) is 5.41 Å². The number of rotatable bonds is 2. The number of aromatic amines is 1. The third-order valence-electron chi connectivity index (χ3n) is 6.25. The minimum atomic E-state index is -0.430. The number of H-pyrrole nitrogens is 1. The molecule has 188 valence electrons. The van der Waals surface area contributed by atoms with Crippen LogP contribution in [0.3, 0.4) is 0 Å². The van der Waals surface area contributed by atoms with E-state index < -0.39 is 5.82 Å². The molecule has 0 spiro atoms. The van der Waals surface area contributed by atoms with Gasteiger partial charge in [-0.3, -0.25) is 9.59 Å². The van der Waals surface area contributed by atoms with E-state index in [1.165, 1.54) is 50.2 Å². The van der Waals surface area contributed by atoms with Crippen molar-refractivity contribution >= 4 is 22.5 Å². The van der Waals surface area contributed by atoms with Crippen LogP contribution < -0.4 is 21.1 Å². The van der Waals surface area contributed by atoms with Crippen LogP contribution in [0, 0.1) is 11.2 Å². The Morgan fingerprint density at radius 2 is 1.80 bits per heavy atom. The Morgan fingerprint density at radius 3 is 2.37 bits per heavy atom. The predicted molar refractivity (Wildman–Crippen MR) is 137 cm³/mol. The van der Waals surface area contributed by atoms with Crippen molar-refractivity contribution in [1.29, 1.82) is 0 Å². The number of piperazine rings is 1. The van der Waals surface area contributed by atoms with Crippen LogP contribution in [-0.2, 0) is 0 Å². The number of nitrogens with zero attached hydrogens (tertiary/aromatic N) is 3. The number of amides is 1. The molecule has 0 radical (unpaired) electrons. The molecule has 1 aromatic carbocycles. The van der Waals surface area contributed by atoms with Gasteiger partial charge in [0.25, 0.3) is 11.5 Å². The number of nitrogens with one attached hydrogen (secondary N) is 3. The van der Waals surface area contributed by atoms with Gasteiger partial charge in [0.1, 0.15) is 11.5 Å². The number of anilines is 1. The minimum absolute atomic E-state index is 0.146. The van der Waals surface area contributed by atoms with E-state index in [0.717, 1.165) is 31.9 Å². The zero-order valence-corrected chi connectivity index (χ0v) is 20.7. The first-order chi connectivity index (χ1) is 16.8. The number of hydrogen-bond donors (Lipinski definition) is 3. The van der Waals surface area contributed by atoms with Crippen LogP contribution in [0.25, 0.3) is 10.9 Å². The summed E-state index contributed by atoms with van der Waals surface area (Å²) in [5.41, 5.74) is 2.41. The second-order valence-electron chi connectivity index (χ2n) is 9.48. The van der Waals surface area contributed by atoms with E-state index in [0.29, 0.717) is 16.6 Å². The van der Waals surface area contributed by atoms with E-state index in [2.05, 4.69) is 44.3 Å². The van der Waals surface area contributed by atoms with Crippen molar-refractivity contribution < 1.29 is 9.18 Å². The number of pyridine rings is 1. The molecule has 35 heavy (non-hydrogen) atoms. The number of carbonyl (C=O) groups excluding carboxylic acids is 1. The van der Waals surface area contributed by atoms with Gasteiger partial charge in [-0.2, -0.15) is 0 Å². The van der Waals surface area contributed by atoms with Crippen molar-refractivity contribution in [3.05, 3.63) is 64.7 Å². The molecular weight excluding hydrogens is 447 g/mol.